The summed E-state index contributed by atoms with van der Waals surface area (Å²) >= 11 is 0. The third kappa shape index (κ3) is 5.32. The van der Waals surface area contributed by atoms with Gasteiger partial charge in [0, 0.05) is 12.8 Å². The average Bonchev–Trinajstić information content (AvgIpc) is 3.16. The van der Waals surface area contributed by atoms with Crippen LogP contribution in [0.5, 0.6) is 5.75 Å². The molecule has 2 atom stereocenters. The van der Waals surface area contributed by atoms with E-state index in [0.29, 0.717) is 6.61 Å². The molecule has 3 rings (SSSR count). The Morgan fingerprint density at radius 3 is 2.59 bits per heavy atom. The number of rotatable bonds is 9. The van der Waals surface area contributed by atoms with Gasteiger partial charge < -0.3 is 14.6 Å². The van der Waals surface area contributed by atoms with Gasteiger partial charge in [-0.25, -0.2) is 9.78 Å². The van der Waals surface area contributed by atoms with Crippen molar-refractivity contribution in [2.75, 3.05) is 13.2 Å². The second-order valence-electron chi connectivity index (χ2n) is 7.56. The molecule has 27 heavy (non-hydrogen) atoms. The number of aliphatic hydroxyl groups excluding tert-OH is 1. The Morgan fingerprint density at radius 1 is 1.26 bits per heavy atom. The first-order valence-electron chi connectivity index (χ1n) is 10.2. The maximum atomic E-state index is 9.50. The van der Waals surface area contributed by atoms with Gasteiger partial charge in [0.05, 0.1) is 13.2 Å². The normalized spacial score (nSPS) is 22.7. The number of aliphatic hydroxyl groups is 1. The van der Waals surface area contributed by atoms with Crippen LogP contribution in [0.2, 0.25) is 0 Å². The predicted molar refractivity (Wildman–Crippen MR) is 104 cm³/mol. The molecule has 0 aromatic heterocycles. The van der Waals surface area contributed by atoms with Crippen LogP contribution in [0, 0.1) is 0 Å². The lowest BCUT2D eigenvalue weighted by atomic mass is 10.0. The van der Waals surface area contributed by atoms with Gasteiger partial charge >= 0.3 is 0 Å². The highest BCUT2D eigenvalue weighted by atomic mass is 17.2. The lowest BCUT2D eigenvalue weighted by Gasteiger charge is -2.36. The fourth-order valence-corrected chi connectivity index (χ4v) is 3.66. The van der Waals surface area contributed by atoms with Crippen LogP contribution in [0.25, 0.3) is 5.57 Å². The van der Waals surface area contributed by atoms with Crippen molar-refractivity contribution >= 4 is 5.57 Å². The van der Waals surface area contributed by atoms with Gasteiger partial charge in [0.15, 0.2) is 0 Å². The molecule has 0 bridgehead atoms. The van der Waals surface area contributed by atoms with Gasteiger partial charge in [0.1, 0.15) is 18.0 Å². The molecule has 2 aliphatic rings. The molecular formula is C22H32O5. The van der Waals surface area contributed by atoms with Crippen molar-refractivity contribution in [3.63, 3.8) is 0 Å². The Morgan fingerprint density at radius 2 is 2.00 bits per heavy atom. The average molecular weight is 376 g/mol. The second-order valence-corrected chi connectivity index (χ2v) is 7.56. The Kier molecular flexibility index (Phi) is 7.30. The van der Waals surface area contributed by atoms with Crippen LogP contribution in [0.4, 0.5) is 0 Å². The Bertz CT molecular complexity index is 581. The fraction of sp³-hybridized carbons (Fsp3) is 0.636. The van der Waals surface area contributed by atoms with Crippen LogP contribution in [-0.4, -0.2) is 36.3 Å². The molecule has 150 valence electrons. The molecule has 5 heteroatoms. The number of unbranched alkanes of at least 4 members (excludes halogenated alkanes) is 2. The van der Waals surface area contributed by atoms with Gasteiger partial charge in [0.2, 0.25) is 5.79 Å². The SMILES string of the molecule is C=C(c1ccc(OC(CO)CCCCC)cc1)C1COC2(CCCC2)OO1. The van der Waals surface area contributed by atoms with Crippen molar-refractivity contribution in [1.82, 2.24) is 0 Å². The van der Waals surface area contributed by atoms with E-state index in [4.69, 9.17) is 19.2 Å². The summed E-state index contributed by atoms with van der Waals surface area (Å²) in [5, 5.41) is 9.50. The molecule has 1 aliphatic heterocycles. The van der Waals surface area contributed by atoms with Crippen LogP contribution >= 0.6 is 0 Å². The molecule has 1 aromatic carbocycles. The number of ether oxygens (including phenoxy) is 2. The number of hydrogen-bond donors (Lipinski definition) is 1. The van der Waals surface area contributed by atoms with E-state index in [1.54, 1.807) is 0 Å². The van der Waals surface area contributed by atoms with Crippen LogP contribution in [0.3, 0.4) is 0 Å². The monoisotopic (exact) mass is 376 g/mol. The van der Waals surface area contributed by atoms with E-state index in [0.717, 1.165) is 68.3 Å². The van der Waals surface area contributed by atoms with Crippen LogP contribution in [0.1, 0.15) is 63.9 Å². The maximum absolute atomic E-state index is 9.50. The van der Waals surface area contributed by atoms with Gasteiger partial charge in [-0.05, 0) is 49.0 Å². The molecule has 1 aromatic rings. The molecule has 1 saturated heterocycles. The molecular weight excluding hydrogens is 344 g/mol. The smallest absolute Gasteiger partial charge is 0.201 e. The first-order chi connectivity index (χ1) is 13.2. The van der Waals surface area contributed by atoms with E-state index < -0.39 is 5.79 Å². The standard InChI is InChI=1S/C22H32O5/c1-3-4-5-8-20(15-23)25-19-11-9-18(10-12-19)17(2)21-16-24-22(27-26-21)13-6-7-14-22/h9-12,20-21,23H,2-8,13-16H2,1H3. The van der Waals surface area contributed by atoms with Crippen molar-refractivity contribution in [3.05, 3.63) is 36.4 Å². The topological polar surface area (TPSA) is 57.2 Å². The van der Waals surface area contributed by atoms with Gasteiger partial charge in [-0.3, -0.25) is 0 Å². The zero-order valence-corrected chi connectivity index (χ0v) is 16.3. The minimum absolute atomic E-state index is 0.0323. The van der Waals surface area contributed by atoms with Gasteiger partial charge in [-0.1, -0.05) is 38.5 Å². The van der Waals surface area contributed by atoms with Crippen molar-refractivity contribution < 1.29 is 24.4 Å². The van der Waals surface area contributed by atoms with Crippen molar-refractivity contribution in [2.45, 2.75) is 76.3 Å². The Labute approximate surface area is 162 Å². The fourth-order valence-electron chi connectivity index (χ4n) is 3.66. The van der Waals surface area contributed by atoms with Crippen molar-refractivity contribution in [3.8, 4) is 5.75 Å². The van der Waals surface area contributed by atoms with E-state index >= 15 is 0 Å². The summed E-state index contributed by atoms with van der Waals surface area (Å²) in [6.45, 7) is 6.81. The zero-order chi connectivity index (χ0) is 19.1. The van der Waals surface area contributed by atoms with E-state index in [2.05, 4.69) is 13.5 Å². The molecule has 1 N–H and O–H groups in total. The molecule has 1 saturated carbocycles. The highest BCUT2D eigenvalue weighted by molar-refractivity contribution is 5.67. The minimum atomic E-state index is -0.536. The predicted octanol–water partition coefficient (Wildman–Crippen LogP) is 4.64. The van der Waals surface area contributed by atoms with E-state index in [1.165, 1.54) is 0 Å². The Hall–Kier alpha value is -1.40. The zero-order valence-electron chi connectivity index (χ0n) is 16.3. The lowest BCUT2D eigenvalue weighted by molar-refractivity contribution is -0.475. The summed E-state index contributed by atoms with van der Waals surface area (Å²) in [6.07, 6.45) is 7.80. The highest BCUT2D eigenvalue weighted by Crippen LogP contribution is 2.39. The summed E-state index contributed by atoms with van der Waals surface area (Å²) in [6, 6.07) is 7.74. The quantitative estimate of drug-likeness (QED) is 0.503. The van der Waals surface area contributed by atoms with Crippen LogP contribution in [0.15, 0.2) is 30.8 Å². The summed E-state index contributed by atoms with van der Waals surface area (Å²) in [5.74, 6) is 0.218. The van der Waals surface area contributed by atoms with Gasteiger partial charge in [0.25, 0.3) is 0 Å². The van der Waals surface area contributed by atoms with Crippen molar-refractivity contribution in [2.24, 2.45) is 0 Å². The molecule has 2 unspecified atom stereocenters. The largest absolute Gasteiger partial charge is 0.488 e. The molecule has 5 nitrogen and oxygen atoms in total. The first-order valence-corrected chi connectivity index (χ1v) is 10.2. The van der Waals surface area contributed by atoms with Crippen LogP contribution < -0.4 is 4.74 Å². The van der Waals surface area contributed by atoms with E-state index in [1.807, 2.05) is 24.3 Å². The second kappa shape index (κ2) is 9.69. The molecule has 0 amide bonds. The lowest BCUT2D eigenvalue weighted by Crippen LogP contribution is -2.43. The van der Waals surface area contributed by atoms with E-state index in [-0.39, 0.29) is 18.8 Å². The van der Waals surface area contributed by atoms with Gasteiger partial charge in [-0.2, -0.15) is 0 Å². The minimum Gasteiger partial charge on any atom is -0.488 e. The summed E-state index contributed by atoms with van der Waals surface area (Å²) in [5.41, 5.74) is 1.80. The third-order valence-electron chi connectivity index (χ3n) is 5.43. The van der Waals surface area contributed by atoms with E-state index in [9.17, 15) is 5.11 Å². The highest BCUT2D eigenvalue weighted by Gasteiger charge is 2.42. The summed E-state index contributed by atoms with van der Waals surface area (Å²) < 4.78 is 11.9. The van der Waals surface area contributed by atoms with Crippen molar-refractivity contribution in [1.29, 1.82) is 0 Å². The maximum Gasteiger partial charge on any atom is 0.201 e. The molecule has 1 heterocycles. The molecule has 2 fully saturated rings. The number of benzene rings is 1. The first kappa shape index (κ1) is 20.3. The molecule has 1 spiro atoms. The molecule has 1 aliphatic carbocycles. The van der Waals surface area contributed by atoms with Crippen LogP contribution in [-0.2, 0) is 14.5 Å². The Balaban J connectivity index is 1.51. The third-order valence-corrected chi connectivity index (χ3v) is 5.43. The van der Waals surface area contributed by atoms with Gasteiger partial charge in [-0.15, -0.1) is 0 Å². The summed E-state index contributed by atoms with van der Waals surface area (Å²) in [7, 11) is 0. The number of hydrogen-bond acceptors (Lipinski definition) is 5. The molecule has 0 radical (unpaired) electrons. The summed E-state index contributed by atoms with van der Waals surface area (Å²) in [4.78, 5) is 11.2.